The van der Waals surface area contributed by atoms with Crippen LogP contribution in [0, 0.1) is 6.92 Å². The third kappa shape index (κ3) is 7.55. The Morgan fingerprint density at radius 1 is 0.914 bits per heavy atom. The second-order valence-electron chi connectivity index (χ2n) is 7.91. The number of rotatable bonds is 10. The average Bonchev–Trinajstić information content (AvgIpc) is 2.85. The Kier molecular flexibility index (Phi) is 8.80. The van der Waals surface area contributed by atoms with Crippen LogP contribution in [0.3, 0.4) is 0 Å². The summed E-state index contributed by atoms with van der Waals surface area (Å²) < 4.78 is 30.2. The van der Waals surface area contributed by atoms with Crippen molar-refractivity contribution in [3.63, 3.8) is 0 Å². The molecule has 0 spiro atoms. The molecule has 3 aromatic rings. The van der Waals surface area contributed by atoms with Crippen molar-refractivity contribution in [3.8, 4) is 5.75 Å². The second-order valence-corrected chi connectivity index (χ2v) is 9.45. The highest BCUT2D eigenvalue weighted by atomic mass is 32.2. The van der Waals surface area contributed by atoms with Gasteiger partial charge in [0.15, 0.2) is 0 Å². The average molecular weight is 493 g/mol. The van der Waals surface area contributed by atoms with E-state index < -0.39 is 21.9 Å². The molecule has 3 aromatic carbocycles. The van der Waals surface area contributed by atoms with Crippen LogP contribution in [0.2, 0.25) is 0 Å². The van der Waals surface area contributed by atoms with Gasteiger partial charge in [0, 0.05) is 12.1 Å². The molecule has 0 saturated heterocycles. The zero-order valence-electron chi connectivity index (χ0n) is 19.7. The van der Waals surface area contributed by atoms with Gasteiger partial charge in [-0.15, -0.1) is 0 Å². The maximum Gasteiger partial charge on any atom is 0.339 e. The van der Waals surface area contributed by atoms with Gasteiger partial charge in [-0.3, -0.25) is 9.59 Å². The first-order valence-corrected chi connectivity index (χ1v) is 12.7. The van der Waals surface area contributed by atoms with Crippen molar-refractivity contribution >= 4 is 28.0 Å². The van der Waals surface area contributed by atoms with E-state index in [2.05, 4.69) is 10.6 Å². The van der Waals surface area contributed by atoms with Gasteiger partial charge in [-0.1, -0.05) is 61.4 Å². The van der Waals surface area contributed by atoms with Crippen LogP contribution in [0.25, 0.3) is 6.08 Å². The maximum absolute atomic E-state index is 12.7. The quantitative estimate of drug-likeness (QED) is 0.247. The van der Waals surface area contributed by atoms with E-state index in [0.717, 1.165) is 18.4 Å². The minimum Gasteiger partial charge on any atom is -0.379 e. The molecular weight excluding hydrogens is 464 g/mol. The first-order valence-electron chi connectivity index (χ1n) is 11.3. The van der Waals surface area contributed by atoms with Crippen LogP contribution >= 0.6 is 0 Å². The molecule has 0 aromatic heterocycles. The molecule has 0 heterocycles. The molecule has 35 heavy (non-hydrogen) atoms. The fourth-order valence-corrected chi connectivity index (χ4v) is 4.01. The summed E-state index contributed by atoms with van der Waals surface area (Å²) >= 11 is 0. The van der Waals surface area contributed by atoms with E-state index in [9.17, 15) is 18.0 Å². The number of nitrogens with one attached hydrogen (secondary N) is 2. The standard InChI is InChI=1S/C27H28N2O5S/c1-3-4-18-28-27(31)25(29-26(30)22-8-6-5-7-9-22)19-21-12-14-23(15-13-21)34-35(32,33)24-16-10-20(2)11-17-24/h5-17,19H,3-4,18H2,1-2H3,(H,28,31)(H,29,30)/b25-19+. The largest absolute Gasteiger partial charge is 0.379 e. The summed E-state index contributed by atoms with van der Waals surface area (Å²) in [5.41, 5.74) is 2.02. The molecule has 0 atom stereocenters. The van der Waals surface area contributed by atoms with Crippen LogP contribution in [0.1, 0.15) is 41.3 Å². The van der Waals surface area contributed by atoms with Crippen molar-refractivity contribution in [2.45, 2.75) is 31.6 Å². The van der Waals surface area contributed by atoms with E-state index >= 15 is 0 Å². The van der Waals surface area contributed by atoms with Crippen LogP contribution in [0.15, 0.2) is 89.5 Å². The third-order valence-electron chi connectivity index (χ3n) is 5.05. The molecule has 0 fully saturated rings. The number of amides is 2. The van der Waals surface area contributed by atoms with Crippen LogP contribution in [0.5, 0.6) is 5.75 Å². The molecule has 3 rings (SSSR count). The van der Waals surface area contributed by atoms with E-state index in [1.807, 2.05) is 13.8 Å². The van der Waals surface area contributed by atoms with Crippen molar-refractivity contribution in [2.24, 2.45) is 0 Å². The predicted molar refractivity (Wildman–Crippen MR) is 135 cm³/mol. The molecule has 182 valence electrons. The molecule has 0 bridgehead atoms. The Morgan fingerprint density at radius 3 is 2.20 bits per heavy atom. The van der Waals surface area contributed by atoms with Crippen molar-refractivity contribution in [3.05, 3.63) is 101 Å². The number of aryl methyl sites for hydroxylation is 1. The minimum absolute atomic E-state index is 0.0572. The number of hydrogen-bond donors (Lipinski definition) is 2. The van der Waals surface area contributed by atoms with Gasteiger partial charge in [0.05, 0.1) is 0 Å². The molecule has 0 aliphatic rings. The summed E-state index contributed by atoms with van der Waals surface area (Å²) in [4.78, 5) is 25.4. The summed E-state index contributed by atoms with van der Waals surface area (Å²) in [6.07, 6.45) is 3.26. The molecule has 8 heteroatoms. The lowest BCUT2D eigenvalue weighted by Crippen LogP contribution is -2.35. The maximum atomic E-state index is 12.7. The molecule has 0 unspecified atom stereocenters. The summed E-state index contributed by atoms with van der Waals surface area (Å²) in [5.74, 6) is -0.693. The van der Waals surface area contributed by atoms with Gasteiger partial charge in [-0.25, -0.2) is 0 Å². The van der Waals surface area contributed by atoms with Crippen molar-refractivity contribution in [2.75, 3.05) is 6.54 Å². The molecule has 2 amide bonds. The minimum atomic E-state index is -3.98. The Bertz CT molecular complexity index is 1280. The number of hydrogen-bond acceptors (Lipinski definition) is 5. The Labute approximate surface area is 206 Å². The van der Waals surface area contributed by atoms with Gasteiger partial charge in [-0.05, 0) is 61.4 Å². The number of unbranched alkanes of at least 4 members (excludes halogenated alkanes) is 1. The van der Waals surface area contributed by atoms with E-state index in [0.29, 0.717) is 17.7 Å². The van der Waals surface area contributed by atoms with E-state index in [4.69, 9.17) is 4.18 Å². The van der Waals surface area contributed by atoms with Crippen molar-refractivity contribution in [1.82, 2.24) is 10.6 Å². The summed E-state index contributed by atoms with van der Waals surface area (Å²) in [6.45, 7) is 4.37. The smallest absolute Gasteiger partial charge is 0.339 e. The third-order valence-corrected chi connectivity index (χ3v) is 6.31. The van der Waals surface area contributed by atoms with E-state index in [1.54, 1.807) is 54.6 Å². The summed E-state index contributed by atoms with van der Waals surface area (Å²) in [7, 11) is -3.98. The van der Waals surface area contributed by atoms with Gasteiger partial charge < -0.3 is 14.8 Å². The second kappa shape index (κ2) is 12.0. The SMILES string of the molecule is CCCCNC(=O)/C(=C\c1ccc(OS(=O)(=O)c2ccc(C)cc2)cc1)NC(=O)c1ccccc1. The molecule has 2 N–H and O–H groups in total. The van der Waals surface area contributed by atoms with Gasteiger partial charge in [0.25, 0.3) is 11.8 Å². The summed E-state index contributed by atoms with van der Waals surface area (Å²) in [6, 6.07) is 21.1. The van der Waals surface area contributed by atoms with Crippen molar-refractivity contribution < 1.29 is 22.2 Å². The molecule has 0 aliphatic heterocycles. The van der Waals surface area contributed by atoms with E-state index in [1.165, 1.54) is 30.3 Å². The molecule has 0 saturated carbocycles. The van der Waals surface area contributed by atoms with E-state index in [-0.39, 0.29) is 16.3 Å². The topological polar surface area (TPSA) is 102 Å². The molecule has 7 nitrogen and oxygen atoms in total. The van der Waals surface area contributed by atoms with Gasteiger partial charge in [0.1, 0.15) is 16.3 Å². The zero-order chi connectivity index (χ0) is 25.3. The Balaban J connectivity index is 1.79. The Morgan fingerprint density at radius 2 is 1.57 bits per heavy atom. The lowest BCUT2D eigenvalue weighted by Gasteiger charge is -2.11. The predicted octanol–water partition coefficient (Wildman–Crippen LogP) is 4.45. The van der Waals surface area contributed by atoms with Gasteiger partial charge >= 0.3 is 10.1 Å². The fraction of sp³-hybridized carbons (Fsp3) is 0.185. The van der Waals surface area contributed by atoms with Gasteiger partial charge in [0.2, 0.25) is 0 Å². The monoisotopic (exact) mass is 492 g/mol. The van der Waals surface area contributed by atoms with Gasteiger partial charge in [-0.2, -0.15) is 8.42 Å². The highest BCUT2D eigenvalue weighted by molar-refractivity contribution is 7.87. The Hall–Kier alpha value is -3.91. The zero-order valence-corrected chi connectivity index (χ0v) is 20.5. The number of carbonyl (C=O) groups is 2. The normalized spacial score (nSPS) is 11.5. The lowest BCUT2D eigenvalue weighted by molar-refractivity contribution is -0.117. The molecule has 0 aliphatic carbocycles. The van der Waals surface area contributed by atoms with Crippen LogP contribution in [-0.4, -0.2) is 26.8 Å². The highest BCUT2D eigenvalue weighted by Gasteiger charge is 2.17. The number of benzene rings is 3. The first kappa shape index (κ1) is 25.7. The highest BCUT2D eigenvalue weighted by Crippen LogP contribution is 2.20. The first-order chi connectivity index (χ1) is 16.8. The number of carbonyl (C=O) groups excluding carboxylic acids is 2. The van der Waals surface area contributed by atoms with Crippen LogP contribution in [-0.2, 0) is 14.9 Å². The fourth-order valence-electron chi connectivity index (χ4n) is 3.08. The van der Waals surface area contributed by atoms with Crippen LogP contribution in [0.4, 0.5) is 0 Å². The molecular formula is C27H28N2O5S. The molecule has 0 radical (unpaired) electrons. The summed E-state index contributed by atoms with van der Waals surface area (Å²) in [5, 5.41) is 5.47. The van der Waals surface area contributed by atoms with Crippen LogP contribution < -0.4 is 14.8 Å². The lowest BCUT2D eigenvalue weighted by atomic mass is 10.1. The van der Waals surface area contributed by atoms with Crippen molar-refractivity contribution in [1.29, 1.82) is 0 Å².